The molecule has 1 aromatic rings. The van der Waals surface area contributed by atoms with Gasteiger partial charge in [-0.2, -0.15) is 0 Å². The Kier molecular flexibility index (Phi) is 6.71. The van der Waals surface area contributed by atoms with E-state index < -0.39 is 11.9 Å². The number of halogens is 1. The Bertz CT molecular complexity index is 528. The molecule has 0 spiro atoms. The predicted molar refractivity (Wildman–Crippen MR) is 74.1 cm³/mol. The Morgan fingerprint density at radius 3 is 2.71 bits per heavy atom. The van der Waals surface area contributed by atoms with Crippen molar-refractivity contribution in [2.75, 3.05) is 13.6 Å². The summed E-state index contributed by atoms with van der Waals surface area (Å²) in [5.41, 5.74) is 1.24. The lowest BCUT2D eigenvalue weighted by Gasteiger charge is -2.07. The molecule has 3 N–H and O–H groups in total. The molecule has 0 saturated heterocycles. The van der Waals surface area contributed by atoms with Crippen LogP contribution in [0.25, 0.3) is 0 Å². The van der Waals surface area contributed by atoms with Crippen LogP contribution in [-0.4, -0.2) is 36.7 Å². The predicted octanol–water partition coefficient (Wildman–Crippen LogP) is -0.786. The molecular formula is C14H16ClNO5. The fourth-order valence-corrected chi connectivity index (χ4v) is 2.07. The first-order valence-corrected chi connectivity index (χ1v) is 6.65. The van der Waals surface area contributed by atoms with Crippen LogP contribution in [0, 0.1) is 0 Å². The lowest BCUT2D eigenvalue weighted by molar-refractivity contribution is -0.632. The van der Waals surface area contributed by atoms with Gasteiger partial charge in [-0.1, -0.05) is 23.7 Å². The number of benzene rings is 1. The monoisotopic (exact) mass is 313 g/mol. The van der Waals surface area contributed by atoms with Gasteiger partial charge in [0.1, 0.15) is 12.3 Å². The van der Waals surface area contributed by atoms with E-state index in [1.165, 1.54) is 5.56 Å². The number of hydrogen-bond acceptors (Lipinski definition) is 4. The molecule has 2 rings (SSSR count). The van der Waals surface area contributed by atoms with Crippen LogP contribution < -0.4 is 15.2 Å². The van der Waals surface area contributed by atoms with Crippen molar-refractivity contribution in [2.45, 2.75) is 12.5 Å². The van der Waals surface area contributed by atoms with Crippen LogP contribution >= 0.6 is 11.6 Å². The zero-order valence-electron chi connectivity index (χ0n) is 11.4. The highest BCUT2D eigenvalue weighted by molar-refractivity contribution is 6.32. The molecule has 0 fully saturated rings. The van der Waals surface area contributed by atoms with Gasteiger partial charge < -0.3 is 25.1 Å². The van der Waals surface area contributed by atoms with Crippen molar-refractivity contribution >= 4 is 23.5 Å². The third-order valence-electron chi connectivity index (χ3n) is 2.64. The van der Waals surface area contributed by atoms with Gasteiger partial charge in [0.15, 0.2) is 6.10 Å². The largest absolute Gasteiger partial charge is 0.545 e. The van der Waals surface area contributed by atoms with Crippen molar-refractivity contribution < 1.29 is 29.9 Å². The maximum absolute atomic E-state index is 9.53. The molecule has 21 heavy (non-hydrogen) atoms. The van der Waals surface area contributed by atoms with Gasteiger partial charge in [-0.3, -0.25) is 0 Å². The first-order chi connectivity index (χ1) is 9.93. The Morgan fingerprint density at radius 2 is 2.24 bits per heavy atom. The molecule has 1 aromatic carbocycles. The highest BCUT2D eigenvalue weighted by Gasteiger charge is 2.25. The van der Waals surface area contributed by atoms with Crippen molar-refractivity contribution in [1.82, 2.24) is 0 Å². The minimum Gasteiger partial charge on any atom is -0.545 e. The molecule has 0 bridgehead atoms. The second-order valence-electron chi connectivity index (χ2n) is 4.31. The quantitative estimate of drug-likeness (QED) is 0.709. The van der Waals surface area contributed by atoms with Crippen LogP contribution in [0.1, 0.15) is 5.56 Å². The molecule has 0 aliphatic carbocycles. The zero-order chi connectivity index (χ0) is 15.8. The summed E-state index contributed by atoms with van der Waals surface area (Å²) in [5, 5.41) is 20.1. The summed E-state index contributed by atoms with van der Waals surface area (Å²) in [7, 11) is 2.05. The summed E-state index contributed by atoms with van der Waals surface area (Å²) in [5.74, 6) is -1.92. The molecule has 0 amide bonds. The minimum atomic E-state index is -1.51. The lowest BCUT2D eigenvalue weighted by atomic mass is 10.1. The average Bonchev–Trinajstić information content (AvgIpc) is 2.82. The second kappa shape index (κ2) is 8.28. The Hall–Kier alpha value is -2.05. The Balaban J connectivity index is 0.000000240. The average molecular weight is 314 g/mol. The number of quaternary nitrogens is 1. The summed E-state index contributed by atoms with van der Waals surface area (Å²) in [6.45, 7) is 0.991. The van der Waals surface area contributed by atoms with Crippen LogP contribution in [0.5, 0.6) is 5.75 Å². The van der Waals surface area contributed by atoms with Gasteiger partial charge in [0.25, 0.3) is 0 Å². The number of fused-ring (bicyclic) bond motifs is 1. The highest BCUT2D eigenvalue weighted by atomic mass is 35.5. The fourth-order valence-electron chi connectivity index (χ4n) is 1.83. The van der Waals surface area contributed by atoms with E-state index >= 15 is 0 Å². The van der Waals surface area contributed by atoms with Crippen molar-refractivity contribution in [3.8, 4) is 5.75 Å². The number of ether oxygens (including phenoxy) is 1. The van der Waals surface area contributed by atoms with E-state index in [-0.39, 0.29) is 0 Å². The molecule has 6 nitrogen and oxygen atoms in total. The number of likely N-dealkylation sites (N-methyl/N-ethyl adjacent to an activating group) is 1. The van der Waals surface area contributed by atoms with Crippen LogP contribution in [-0.2, 0) is 16.0 Å². The number of hydrogen-bond donors (Lipinski definition) is 2. The SMILES string of the molecule is C[NH2+]CC1Cc2cccc(Cl)c2O1.O=C([O-])/C=C\C(=O)O. The molecule has 114 valence electrons. The molecule has 1 heterocycles. The van der Waals surface area contributed by atoms with Gasteiger partial charge in [-0.05, 0) is 17.7 Å². The topological polar surface area (TPSA) is 103 Å². The number of carbonyl (C=O) groups is 2. The minimum absolute atomic E-state index is 0.292. The van der Waals surface area contributed by atoms with Crippen molar-refractivity contribution in [1.29, 1.82) is 0 Å². The second-order valence-corrected chi connectivity index (χ2v) is 4.71. The van der Waals surface area contributed by atoms with Crippen molar-refractivity contribution in [3.05, 3.63) is 40.9 Å². The van der Waals surface area contributed by atoms with Crippen LogP contribution in [0.4, 0.5) is 0 Å². The maximum atomic E-state index is 9.53. The number of carbonyl (C=O) groups excluding carboxylic acids is 1. The molecule has 7 heteroatoms. The zero-order valence-corrected chi connectivity index (χ0v) is 12.2. The van der Waals surface area contributed by atoms with E-state index in [4.69, 9.17) is 21.4 Å². The van der Waals surface area contributed by atoms with Gasteiger partial charge in [0.05, 0.1) is 18.0 Å². The summed E-state index contributed by atoms with van der Waals surface area (Å²) >= 11 is 6.00. The third-order valence-corrected chi connectivity index (χ3v) is 2.94. The Morgan fingerprint density at radius 1 is 1.52 bits per heavy atom. The summed E-state index contributed by atoms with van der Waals surface area (Å²) in [4.78, 5) is 19.0. The van der Waals surface area contributed by atoms with Gasteiger partial charge in [-0.15, -0.1) is 0 Å². The molecule has 0 radical (unpaired) electrons. The van der Waals surface area contributed by atoms with Crippen LogP contribution in [0.2, 0.25) is 5.02 Å². The molecule has 1 unspecified atom stereocenters. The van der Waals surface area contributed by atoms with Crippen molar-refractivity contribution in [2.24, 2.45) is 0 Å². The molecule has 0 saturated carbocycles. The van der Waals surface area contributed by atoms with Gasteiger partial charge in [0, 0.05) is 12.5 Å². The summed E-state index contributed by atoms with van der Waals surface area (Å²) in [6, 6.07) is 5.93. The first kappa shape index (κ1) is 17.0. The maximum Gasteiger partial charge on any atom is 0.328 e. The number of rotatable bonds is 4. The van der Waals surface area contributed by atoms with E-state index in [0.29, 0.717) is 18.3 Å². The van der Waals surface area contributed by atoms with E-state index in [1.54, 1.807) is 0 Å². The number of aliphatic carboxylic acids is 2. The van der Waals surface area contributed by atoms with Gasteiger partial charge in [-0.25, -0.2) is 4.79 Å². The van der Waals surface area contributed by atoms with E-state index in [2.05, 4.69) is 11.4 Å². The van der Waals surface area contributed by atoms with Crippen LogP contribution in [0.3, 0.4) is 0 Å². The molecule has 0 aromatic heterocycles. The number of carboxylic acid groups (broad SMARTS) is 2. The normalized spacial score (nSPS) is 15.8. The standard InChI is InChI=1S/C10H12ClNO.C4H4O4/c1-12-6-8-5-7-3-2-4-9(11)10(7)13-8;5-3(6)1-2-4(7)8/h2-4,8,12H,5-6H2,1H3;1-2H,(H,5,6)(H,7,8)/b;2-1-. The van der Waals surface area contributed by atoms with Crippen LogP contribution in [0.15, 0.2) is 30.4 Å². The fraction of sp³-hybridized carbons (Fsp3) is 0.286. The third kappa shape index (κ3) is 5.85. The van der Waals surface area contributed by atoms with Gasteiger partial charge in [0.2, 0.25) is 0 Å². The Labute approximate surface area is 127 Å². The first-order valence-electron chi connectivity index (χ1n) is 6.28. The van der Waals surface area contributed by atoms with Gasteiger partial charge >= 0.3 is 5.97 Å². The smallest absolute Gasteiger partial charge is 0.328 e. The highest BCUT2D eigenvalue weighted by Crippen LogP contribution is 2.35. The van der Waals surface area contributed by atoms with E-state index in [9.17, 15) is 14.7 Å². The molecule has 1 aliphatic heterocycles. The number of carboxylic acids is 2. The van der Waals surface area contributed by atoms with E-state index in [1.807, 2.05) is 19.2 Å². The molecule has 1 atom stereocenters. The summed E-state index contributed by atoms with van der Waals surface area (Å²) < 4.78 is 5.71. The summed E-state index contributed by atoms with van der Waals surface area (Å²) in [6.07, 6.45) is 2.22. The van der Waals surface area contributed by atoms with E-state index in [0.717, 1.165) is 23.7 Å². The lowest BCUT2D eigenvalue weighted by Crippen LogP contribution is -2.82. The number of nitrogens with two attached hydrogens (primary N) is 1. The molecule has 1 aliphatic rings. The van der Waals surface area contributed by atoms with Crippen molar-refractivity contribution in [3.63, 3.8) is 0 Å². The molecular weight excluding hydrogens is 298 g/mol. The number of para-hydroxylation sites is 1.